The molecule has 2 rings (SSSR count). The van der Waals surface area contributed by atoms with Gasteiger partial charge in [-0.1, -0.05) is 11.5 Å². The van der Waals surface area contributed by atoms with Crippen molar-refractivity contribution in [3.8, 4) is 0 Å². The molecule has 78 valence electrons. The molecule has 14 heavy (non-hydrogen) atoms. The average Bonchev–Trinajstić information content (AvgIpc) is 2.59. The van der Waals surface area contributed by atoms with Gasteiger partial charge in [-0.3, -0.25) is 0 Å². The second-order valence-corrected chi connectivity index (χ2v) is 4.06. The van der Waals surface area contributed by atoms with Crippen LogP contribution in [0.1, 0.15) is 25.2 Å². The van der Waals surface area contributed by atoms with Crippen LogP contribution in [0.15, 0.2) is 4.42 Å². The van der Waals surface area contributed by atoms with E-state index in [-0.39, 0.29) is 5.88 Å². The minimum atomic E-state index is 0.282. The van der Waals surface area contributed by atoms with Crippen molar-refractivity contribution in [1.29, 1.82) is 0 Å². The second-order valence-electron chi connectivity index (χ2n) is 3.79. The van der Waals surface area contributed by atoms with E-state index < -0.39 is 0 Å². The molecule has 0 aromatic carbocycles. The summed E-state index contributed by atoms with van der Waals surface area (Å²) in [6, 6.07) is 0.576. The molecular weight excluding hydrogens is 202 g/mol. The van der Waals surface area contributed by atoms with Crippen LogP contribution in [0.3, 0.4) is 0 Å². The zero-order chi connectivity index (χ0) is 9.97. The van der Waals surface area contributed by atoms with Crippen molar-refractivity contribution in [1.82, 2.24) is 10.2 Å². The highest BCUT2D eigenvalue weighted by Crippen LogP contribution is 2.27. The van der Waals surface area contributed by atoms with Crippen LogP contribution in [0, 0.1) is 5.92 Å². The first-order valence-electron chi connectivity index (χ1n) is 4.89. The van der Waals surface area contributed by atoms with Gasteiger partial charge in [-0.05, 0) is 18.8 Å². The molecule has 0 aliphatic heterocycles. The fraction of sp³-hybridized carbons (Fsp3) is 0.778. The molecule has 1 aromatic heterocycles. The van der Waals surface area contributed by atoms with E-state index in [0.717, 1.165) is 12.5 Å². The third-order valence-electron chi connectivity index (χ3n) is 2.65. The summed E-state index contributed by atoms with van der Waals surface area (Å²) >= 11 is 5.57. The molecule has 1 fully saturated rings. The van der Waals surface area contributed by atoms with E-state index in [1.807, 2.05) is 11.9 Å². The Morgan fingerprint density at radius 3 is 2.79 bits per heavy atom. The lowest BCUT2D eigenvalue weighted by Gasteiger charge is -2.28. The van der Waals surface area contributed by atoms with Crippen LogP contribution in [0.4, 0.5) is 6.01 Å². The number of halogens is 1. The molecule has 1 aliphatic carbocycles. The molecule has 1 aliphatic rings. The van der Waals surface area contributed by atoms with Gasteiger partial charge in [0.15, 0.2) is 0 Å². The predicted molar refractivity (Wildman–Crippen MR) is 54.5 cm³/mol. The van der Waals surface area contributed by atoms with Crippen LogP contribution in [-0.2, 0) is 5.88 Å². The van der Waals surface area contributed by atoms with Crippen molar-refractivity contribution in [2.24, 2.45) is 5.92 Å². The summed E-state index contributed by atoms with van der Waals surface area (Å²) in [6.45, 7) is 1.00. The molecule has 0 radical (unpaired) electrons. The van der Waals surface area contributed by atoms with E-state index in [1.165, 1.54) is 19.3 Å². The van der Waals surface area contributed by atoms with Crippen LogP contribution in [0.5, 0.6) is 0 Å². The molecule has 0 spiro atoms. The summed E-state index contributed by atoms with van der Waals surface area (Å²) < 4.78 is 5.34. The van der Waals surface area contributed by atoms with Gasteiger partial charge >= 0.3 is 6.01 Å². The van der Waals surface area contributed by atoms with E-state index in [1.54, 1.807) is 0 Å². The first-order chi connectivity index (χ1) is 6.79. The number of rotatable bonds is 4. The van der Waals surface area contributed by atoms with Crippen molar-refractivity contribution in [2.45, 2.75) is 25.1 Å². The van der Waals surface area contributed by atoms with Crippen molar-refractivity contribution in [3.63, 3.8) is 0 Å². The van der Waals surface area contributed by atoms with E-state index in [4.69, 9.17) is 16.0 Å². The Balaban J connectivity index is 1.92. The first-order valence-corrected chi connectivity index (χ1v) is 5.42. The molecule has 1 heterocycles. The Morgan fingerprint density at radius 1 is 1.50 bits per heavy atom. The lowest BCUT2D eigenvalue weighted by molar-refractivity contribution is 0.316. The quantitative estimate of drug-likeness (QED) is 0.721. The smallest absolute Gasteiger partial charge is 0.317 e. The fourth-order valence-corrected chi connectivity index (χ4v) is 1.70. The van der Waals surface area contributed by atoms with Crippen LogP contribution < -0.4 is 4.90 Å². The van der Waals surface area contributed by atoms with Gasteiger partial charge in [0, 0.05) is 13.6 Å². The third-order valence-corrected chi connectivity index (χ3v) is 2.88. The van der Waals surface area contributed by atoms with E-state index in [9.17, 15) is 0 Å². The molecule has 1 aromatic rings. The van der Waals surface area contributed by atoms with Gasteiger partial charge in [-0.25, -0.2) is 0 Å². The highest BCUT2D eigenvalue weighted by Gasteiger charge is 2.21. The molecule has 4 nitrogen and oxygen atoms in total. The van der Waals surface area contributed by atoms with Gasteiger partial charge in [-0.2, -0.15) is 0 Å². The number of alkyl halides is 1. The topological polar surface area (TPSA) is 42.2 Å². The first kappa shape index (κ1) is 9.77. The minimum absolute atomic E-state index is 0.282. The maximum atomic E-state index is 5.57. The van der Waals surface area contributed by atoms with Gasteiger partial charge in [-0.15, -0.1) is 16.7 Å². The Labute approximate surface area is 88.2 Å². The average molecular weight is 216 g/mol. The largest absolute Gasteiger partial charge is 0.407 e. The Bertz CT molecular complexity index is 298. The van der Waals surface area contributed by atoms with Gasteiger partial charge < -0.3 is 9.32 Å². The van der Waals surface area contributed by atoms with Crippen molar-refractivity contribution in [2.75, 3.05) is 18.5 Å². The van der Waals surface area contributed by atoms with Crippen LogP contribution in [0.2, 0.25) is 0 Å². The summed E-state index contributed by atoms with van der Waals surface area (Å²) in [5, 5.41) is 7.74. The molecular formula is C9H14ClN3O. The standard InChI is InChI=1S/C9H14ClN3O/c1-13(6-7-3-2-4-7)9-12-11-8(5-10)14-9/h7H,2-6H2,1H3. The maximum Gasteiger partial charge on any atom is 0.317 e. The summed E-state index contributed by atoms with van der Waals surface area (Å²) in [4.78, 5) is 2.01. The number of hydrogen-bond donors (Lipinski definition) is 0. The van der Waals surface area contributed by atoms with E-state index in [0.29, 0.717) is 11.9 Å². The van der Waals surface area contributed by atoms with E-state index in [2.05, 4.69) is 10.2 Å². The summed E-state index contributed by atoms with van der Waals surface area (Å²) in [6.07, 6.45) is 4.00. The summed E-state index contributed by atoms with van der Waals surface area (Å²) in [5.41, 5.74) is 0. The number of aromatic nitrogens is 2. The van der Waals surface area contributed by atoms with Gasteiger partial charge in [0.05, 0.1) is 0 Å². The van der Waals surface area contributed by atoms with E-state index >= 15 is 0 Å². The molecule has 0 N–H and O–H groups in total. The van der Waals surface area contributed by atoms with Gasteiger partial charge in [0.25, 0.3) is 0 Å². The molecule has 0 atom stereocenters. The zero-order valence-corrected chi connectivity index (χ0v) is 9.00. The molecule has 1 saturated carbocycles. The van der Waals surface area contributed by atoms with Gasteiger partial charge in [0.2, 0.25) is 5.89 Å². The molecule has 0 saturated heterocycles. The predicted octanol–water partition coefficient (Wildman–Crippen LogP) is 2.04. The van der Waals surface area contributed by atoms with Crippen molar-refractivity contribution in [3.05, 3.63) is 5.89 Å². The highest BCUT2D eigenvalue weighted by molar-refractivity contribution is 6.16. The van der Waals surface area contributed by atoms with Crippen LogP contribution in [-0.4, -0.2) is 23.8 Å². The Kier molecular flexibility index (Phi) is 2.91. The molecule has 5 heteroatoms. The lowest BCUT2D eigenvalue weighted by Crippen LogP contribution is -2.29. The maximum absolute atomic E-state index is 5.57. The highest BCUT2D eigenvalue weighted by atomic mass is 35.5. The normalized spacial score (nSPS) is 16.7. The number of nitrogens with zero attached hydrogens (tertiary/aromatic N) is 3. The van der Waals surface area contributed by atoms with Crippen LogP contribution >= 0.6 is 11.6 Å². The van der Waals surface area contributed by atoms with Gasteiger partial charge in [0.1, 0.15) is 5.88 Å². The fourth-order valence-electron chi connectivity index (χ4n) is 1.59. The Morgan fingerprint density at radius 2 is 2.29 bits per heavy atom. The lowest BCUT2D eigenvalue weighted by atomic mass is 9.85. The molecule has 0 unspecified atom stereocenters. The second kappa shape index (κ2) is 4.17. The molecule has 0 amide bonds. The molecule has 0 bridgehead atoms. The van der Waals surface area contributed by atoms with Crippen LogP contribution in [0.25, 0.3) is 0 Å². The third kappa shape index (κ3) is 2.00. The Hall–Kier alpha value is -0.770. The number of hydrogen-bond acceptors (Lipinski definition) is 4. The van der Waals surface area contributed by atoms with Crippen molar-refractivity contribution < 1.29 is 4.42 Å². The van der Waals surface area contributed by atoms with Crippen molar-refractivity contribution >= 4 is 17.6 Å². The minimum Gasteiger partial charge on any atom is -0.407 e. The zero-order valence-electron chi connectivity index (χ0n) is 8.24. The summed E-state index contributed by atoms with van der Waals surface area (Å²) in [5.74, 6) is 1.57. The number of anilines is 1. The summed E-state index contributed by atoms with van der Waals surface area (Å²) in [7, 11) is 1.98. The SMILES string of the molecule is CN(CC1CCC1)c1nnc(CCl)o1. The monoisotopic (exact) mass is 215 g/mol.